The zero-order valence-electron chi connectivity index (χ0n) is 13.6. The van der Waals surface area contributed by atoms with Crippen LogP contribution < -0.4 is 4.72 Å². The first-order chi connectivity index (χ1) is 9.32. The minimum absolute atomic E-state index is 0.000809. The Kier molecular flexibility index (Phi) is 7.48. The highest BCUT2D eigenvalue weighted by molar-refractivity contribution is 7.89. The van der Waals surface area contributed by atoms with Gasteiger partial charge in [0.05, 0.1) is 5.75 Å². The quantitative estimate of drug-likeness (QED) is 0.749. The molecule has 1 aliphatic heterocycles. The maximum Gasteiger partial charge on any atom is 0.212 e. The minimum Gasteiger partial charge on any atom is -0.301 e. The van der Waals surface area contributed by atoms with E-state index in [2.05, 4.69) is 23.5 Å². The summed E-state index contributed by atoms with van der Waals surface area (Å²) in [6.45, 7) is 11.4. The van der Waals surface area contributed by atoms with Crippen LogP contribution in [-0.2, 0) is 10.0 Å². The first-order valence-corrected chi connectivity index (χ1v) is 9.70. The molecule has 0 aromatic carbocycles. The second kappa shape index (κ2) is 8.35. The molecule has 1 heterocycles. The summed E-state index contributed by atoms with van der Waals surface area (Å²) in [4.78, 5) is 2.39. The number of hydrogen-bond acceptors (Lipinski definition) is 3. The smallest absolute Gasteiger partial charge is 0.212 e. The molecule has 4 nitrogen and oxygen atoms in total. The molecule has 0 aliphatic carbocycles. The summed E-state index contributed by atoms with van der Waals surface area (Å²) in [5.41, 5.74) is 0. The van der Waals surface area contributed by atoms with Crippen LogP contribution in [0.3, 0.4) is 0 Å². The number of sulfonamides is 1. The van der Waals surface area contributed by atoms with Gasteiger partial charge in [0.15, 0.2) is 0 Å². The Morgan fingerprint density at radius 1 is 1.35 bits per heavy atom. The van der Waals surface area contributed by atoms with E-state index in [0.29, 0.717) is 0 Å². The average molecular weight is 305 g/mol. The number of likely N-dealkylation sites (tertiary alicyclic amines) is 1. The molecule has 5 heteroatoms. The van der Waals surface area contributed by atoms with Crippen molar-refractivity contribution in [3.8, 4) is 0 Å². The maximum absolute atomic E-state index is 12.1. The third-order valence-electron chi connectivity index (χ3n) is 3.94. The lowest BCUT2D eigenvalue weighted by Gasteiger charge is -2.32. The molecule has 0 spiro atoms. The van der Waals surface area contributed by atoms with Crippen LogP contribution >= 0.6 is 0 Å². The van der Waals surface area contributed by atoms with E-state index in [0.717, 1.165) is 38.4 Å². The topological polar surface area (TPSA) is 49.4 Å². The van der Waals surface area contributed by atoms with Crippen molar-refractivity contribution in [1.82, 2.24) is 9.62 Å². The maximum atomic E-state index is 12.1. The fraction of sp³-hybridized carbons (Fsp3) is 1.00. The van der Waals surface area contributed by atoms with Crippen LogP contribution in [0.1, 0.15) is 53.4 Å². The summed E-state index contributed by atoms with van der Waals surface area (Å²) in [6, 6.07) is -0.000809. The molecule has 0 saturated carbocycles. The van der Waals surface area contributed by atoms with Gasteiger partial charge in [-0.25, -0.2) is 13.1 Å². The molecule has 1 fully saturated rings. The molecule has 0 unspecified atom stereocenters. The summed E-state index contributed by atoms with van der Waals surface area (Å²) in [5.74, 6) is 1.22. The molecule has 0 aromatic heterocycles. The van der Waals surface area contributed by atoms with Crippen molar-refractivity contribution in [2.75, 3.05) is 25.4 Å². The van der Waals surface area contributed by atoms with Crippen molar-refractivity contribution in [3.63, 3.8) is 0 Å². The summed E-state index contributed by atoms with van der Waals surface area (Å²) < 4.78 is 27.0. The Labute approximate surface area is 125 Å². The van der Waals surface area contributed by atoms with Crippen LogP contribution in [0, 0.1) is 11.8 Å². The minimum atomic E-state index is -3.14. The molecule has 0 amide bonds. The molecular weight excluding hydrogens is 272 g/mol. The van der Waals surface area contributed by atoms with Gasteiger partial charge in [0, 0.05) is 19.1 Å². The highest BCUT2D eigenvalue weighted by Crippen LogP contribution is 2.15. The van der Waals surface area contributed by atoms with Gasteiger partial charge in [0.1, 0.15) is 0 Å². The predicted octanol–water partition coefficient (Wildman–Crippen LogP) is 2.46. The SMILES string of the molecule is CCC[C@H](C)CS(=O)(=O)N[C@@H](C)CN1CCC[C@H](C)C1. The van der Waals surface area contributed by atoms with E-state index < -0.39 is 10.0 Å². The number of nitrogens with one attached hydrogen (secondary N) is 1. The third-order valence-corrected chi connectivity index (χ3v) is 5.71. The summed E-state index contributed by atoms with van der Waals surface area (Å²) in [5, 5.41) is 0. The Morgan fingerprint density at radius 3 is 2.65 bits per heavy atom. The van der Waals surface area contributed by atoms with Crippen molar-refractivity contribution in [1.29, 1.82) is 0 Å². The molecule has 120 valence electrons. The fourth-order valence-electron chi connectivity index (χ4n) is 3.18. The molecule has 1 N–H and O–H groups in total. The molecule has 1 aliphatic rings. The van der Waals surface area contributed by atoms with Gasteiger partial charge in [0.25, 0.3) is 0 Å². The van der Waals surface area contributed by atoms with Crippen molar-refractivity contribution in [2.24, 2.45) is 11.8 Å². The highest BCUT2D eigenvalue weighted by Gasteiger charge is 2.22. The number of piperidine rings is 1. The van der Waals surface area contributed by atoms with Gasteiger partial charge < -0.3 is 4.90 Å². The van der Waals surface area contributed by atoms with Crippen LogP contribution in [0.2, 0.25) is 0 Å². The molecule has 3 atom stereocenters. The van der Waals surface area contributed by atoms with Crippen molar-refractivity contribution in [2.45, 2.75) is 59.4 Å². The van der Waals surface area contributed by atoms with E-state index in [-0.39, 0.29) is 17.7 Å². The number of rotatable bonds is 8. The van der Waals surface area contributed by atoms with Gasteiger partial charge in [-0.15, -0.1) is 0 Å². The first kappa shape index (κ1) is 17.9. The van der Waals surface area contributed by atoms with Crippen LogP contribution in [0.15, 0.2) is 0 Å². The Bertz CT molecular complexity index is 370. The summed E-state index contributed by atoms with van der Waals surface area (Å²) in [7, 11) is -3.14. The molecule has 20 heavy (non-hydrogen) atoms. The Hall–Kier alpha value is -0.130. The van der Waals surface area contributed by atoms with Crippen molar-refractivity contribution in [3.05, 3.63) is 0 Å². The zero-order valence-corrected chi connectivity index (χ0v) is 14.4. The predicted molar refractivity (Wildman–Crippen MR) is 85.3 cm³/mol. The fourth-order valence-corrected chi connectivity index (χ4v) is 4.88. The number of nitrogens with zero attached hydrogens (tertiary/aromatic N) is 1. The van der Waals surface area contributed by atoms with Crippen LogP contribution in [0.5, 0.6) is 0 Å². The standard InChI is InChI=1S/C15H32N2O2S/c1-5-7-14(3)12-20(18,19)16-15(4)11-17-9-6-8-13(2)10-17/h13-16H,5-12H2,1-4H3/t13-,14-,15-/m0/s1. The van der Waals surface area contributed by atoms with Gasteiger partial charge in [0.2, 0.25) is 10.0 Å². The van der Waals surface area contributed by atoms with E-state index in [4.69, 9.17) is 0 Å². The molecule has 0 radical (unpaired) electrons. The third kappa shape index (κ3) is 7.04. The summed E-state index contributed by atoms with van der Waals surface area (Å²) >= 11 is 0. The Morgan fingerprint density at radius 2 is 2.05 bits per heavy atom. The molecular formula is C15H32N2O2S. The van der Waals surface area contributed by atoms with E-state index in [1.165, 1.54) is 12.8 Å². The largest absolute Gasteiger partial charge is 0.301 e. The van der Waals surface area contributed by atoms with E-state index >= 15 is 0 Å². The van der Waals surface area contributed by atoms with Gasteiger partial charge in [-0.05, 0) is 44.6 Å². The van der Waals surface area contributed by atoms with E-state index in [1.54, 1.807) is 0 Å². The van der Waals surface area contributed by atoms with Crippen LogP contribution in [0.4, 0.5) is 0 Å². The second-order valence-corrected chi connectivity index (χ2v) is 8.50. The monoisotopic (exact) mass is 304 g/mol. The zero-order chi connectivity index (χ0) is 15.2. The van der Waals surface area contributed by atoms with Crippen LogP contribution in [0.25, 0.3) is 0 Å². The van der Waals surface area contributed by atoms with Crippen LogP contribution in [-0.4, -0.2) is 44.7 Å². The Balaban J connectivity index is 2.38. The molecule has 1 rings (SSSR count). The lowest BCUT2D eigenvalue weighted by molar-refractivity contribution is 0.174. The second-order valence-electron chi connectivity index (χ2n) is 6.70. The number of hydrogen-bond donors (Lipinski definition) is 1. The lowest BCUT2D eigenvalue weighted by Crippen LogP contribution is -2.46. The molecule has 1 saturated heterocycles. The van der Waals surface area contributed by atoms with Crippen molar-refractivity contribution < 1.29 is 8.42 Å². The molecule has 0 bridgehead atoms. The van der Waals surface area contributed by atoms with Gasteiger partial charge in [-0.3, -0.25) is 0 Å². The summed E-state index contributed by atoms with van der Waals surface area (Å²) in [6.07, 6.45) is 4.54. The van der Waals surface area contributed by atoms with Gasteiger partial charge in [-0.2, -0.15) is 0 Å². The lowest BCUT2D eigenvalue weighted by atomic mass is 10.00. The average Bonchev–Trinajstić information content (AvgIpc) is 2.26. The van der Waals surface area contributed by atoms with E-state index in [1.807, 2.05) is 13.8 Å². The van der Waals surface area contributed by atoms with Gasteiger partial charge in [-0.1, -0.05) is 27.2 Å². The van der Waals surface area contributed by atoms with E-state index in [9.17, 15) is 8.42 Å². The first-order valence-electron chi connectivity index (χ1n) is 8.04. The molecule has 0 aromatic rings. The van der Waals surface area contributed by atoms with Crippen molar-refractivity contribution >= 4 is 10.0 Å². The normalized spacial score (nSPS) is 24.5. The highest BCUT2D eigenvalue weighted by atomic mass is 32.2. The van der Waals surface area contributed by atoms with Gasteiger partial charge >= 0.3 is 0 Å².